The van der Waals surface area contributed by atoms with Gasteiger partial charge >= 0.3 is 5.97 Å². The summed E-state index contributed by atoms with van der Waals surface area (Å²) in [6, 6.07) is 24.5. The van der Waals surface area contributed by atoms with Gasteiger partial charge in [0.25, 0.3) is 5.91 Å². The lowest BCUT2D eigenvalue weighted by Crippen LogP contribution is -2.21. The summed E-state index contributed by atoms with van der Waals surface area (Å²) >= 11 is 5.92. The van der Waals surface area contributed by atoms with Gasteiger partial charge in [-0.25, -0.2) is 10.2 Å². The number of halogens is 1. The number of benzene rings is 3. The maximum absolute atomic E-state index is 12.7. The summed E-state index contributed by atoms with van der Waals surface area (Å²) in [6.45, 7) is 1.78. The highest BCUT2D eigenvalue weighted by Gasteiger charge is 2.12. The summed E-state index contributed by atoms with van der Waals surface area (Å²) in [6.07, 6.45) is 3.75. The molecule has 7 heteroatoms. The quantitative estimate of drug-likeness (QED) is 0.180. The SMILES string of the molecule is C/C(=N\NC(=O)c1ccccc1-n1cccc1)c1ccc(OC(=O)c2cccc(Cl)c2)cc1. The molecule has 0 bridgehead atoms. The number of carbonyl (C=O) groups excluding carboxylic acids is 2. The van der Waals surface area contributed by atoms with Gasteiger partial charge in [-0.05, 0) is 79.2 Å². The van der Waals surface area contributed by atoms with E-state index in [0.29, 0.717) is 27.6 Å². The molecule has 4 rings (SSSR count). The second-order valence-corrected chi connectivity index (χ2v) is 7.61. The monoisotopic (exact) mass is 457 g/mol. The fraction of sp³-hybridized carbons (Fsp3) is 0.0385. The third-order valence-corrected chi connectivity index (χ3v) is 5.13. The smallest absolute Gasteiger partial charge is 0.343 e. The Hall–Kier alpha value is -4.16. The zero-order valence-corrected chi connectivity index (χ0v) is 18.5. The van der Waals surface area contributed by atoms with Gasteiger partial charge in [0.1, 0.15) is 5.75 Å². The van der Waals surface area contributed by atoms with E-state index in [9.17, 15) is 9.59 Å². The molecule has 164 valence electrons. The molecule has 4 aromatic rings. The summed E-state index contributed by atoms with van der Waals surface area (Å²) in [4.78, 5) is 25.0. The number of hydrogen-bond acceptors (Lipinski definition) is 4. The molecule has 3 aromatic carbocycles. The third-order valence-electron chi connectivity index (χ3n) is 4.90. The highest BCUT2D eigenvalue weighted by Crippen LogP contribution is 2.17. The molecule has 1 heterocycles. The van der Waals surface area contributed by atoms with E-state index in [1.165, 1.54) is 0 Å². The van der Waals surface area contributed by atoms with Crippen LogP contribution in [0.25, 0.3) is 5.69 Å². The number of para-hydroxylation sites is 1. The lowest BCUT2D eigenvalue weighted by atomic mass is 10.1. The Morgan fingerprint density at radius 3 is 2.33 bits per heavy atom. The van der Waals surface area contributed by atoms with Crippen LogP contribution < -0.4 is 10.2 Å². The van der Waals surface area contributed by atoms with E-state index >= 15 is 0 Å². The number of amides is 1. The molecule has 0 spiro atoms. The molecule has 33 heavy (non-hydrogen) atoms. The van der Waals surface area contributed by atoms with Gasteiger partial charge in [0.05, 0.1) is 22.5 Å². The van der Waals surface area contributed by atoms with Crippen LogP contribution >= 0.6 is 11.6 Å². The molecule has 0 radical (unpaired) electrons. The van der Waals surface area contributed by atoms with Crippen LogP contribution in [0.2, 0.25) is 5.02 Å². The van der Waals surface area contributed by atoms with E-state index in [-0.39, 0.29) is 5.91 Å². The molecule has 0 aliphatic rings. The second-order valence-electron chi connectivity index (χ2n) is 7.17. The van der Waals surface area contributed by atoms with Gasteiger partial charge in [-0.2, -0.15) is 5.10 Å². The van der Waals surface area contributed by atoms with E-state index in [1.54, 1.807) is 61.5 Å². The van der Waals surface area contributed by atoms with E-state index in [0.717, 1.165) is 11.3 Å². The first kappa shape index (κ1) is 22.0. The zero-order valence-electron chi connectivity index (χ0n) is 17.7. The molecule has 0 atom stereocenters. The van der Waals surface area contributed by atoms with Crippen molar-refractivity contribution in [3.8, 4) is 11.4 Å². The summed E-state index contributed by atoms with van der Waals surface area (Å²) in [5.74, 6) is -0.420. The Labute approximate surface area is 196 Å². The van der Waals surface area contributed by atoms with Crippen LogP contribution in [0.1, 0.15) is 33.2 Å². The number of aromatic nitrogens is 1. The van der Waals surface area contributed by atoms with Crippen molar-refractivity contribution in [1.82, 2.24) is 9.99 Å². The number of nitrogens with zero attached hydrogens (tertiary/aromatic N) is 2. The number of carbonyl (C=O) groups is 2. The van der Waals surface area contributed by atoms with Crippen LogP contribution in [0, 0.1) is 0 Å². The number of rotatable bonds is 6. The van der Waals surface area contributed by atoms with Gasteiger partial charge in [-0.15, -0.1) is 0 Å². The van der Waals surface area contributed by atoms with Gasteiger partial charge in [0.15, 0.2) is 0 Å². The topological polar surface area (TPSA) is 72.7 Å². The van der Waals surface area contributed by atoms with Gasteiger partial charge in [-0.1, -0.05) is 29.8 Å². The molecule has 0 aliphatic carbocycles. The molecule has 1 N–H and O–H groups in total. The molecule has 0 fully saturated rings. The van der Waals surface area contributed by atoms with Crippen molar-refractivity contribution < 1.29 is 14.3 Å². The average Bonchev–Trinajstić information content (AvgIpc) is 3.38. The zero-order chi connectivity index (χ0) is 23.2. The molecular formula is C26H20ClN3O3. The summed E-state index contributed by atoms with van der Waals surface area (Å²) in [5.41, 5.74) is 5.63. The summed E-state index contributed by atoms with van der Waals surface area (Å²) in [5, 5.41) is 4.69. The largest absolute Gasteiger partial charge is 0.423 e. The first-order valence-electron chi connectivity index (χ1n) is 10.2. The summed E-state index contributed by atoms with van der Waals surface area (Å²) < 4.78 is 7.26. The predicted octanol–water partition coefficient (Wildman–Crippen LogP) is 5.50. The number of esters is 1. The molecular weight excluding hydrogens is 438 g/mol. The van der Waals surface area contributed by atoms with E-state index in [1.807, 2.05) is 47.3 Å². The van der Waals surface area contributed by atoms with E-state index in [4.69, 9.17) is 16.3 Å². The van der Waals surface area contributed by atoms with Crippen LogP contribution in [0.3, 0.4) is 0 Å². The highest BCUT2D eigenvalue weighted by atomic mass is 35.5. The summed E-state index contributed by atoms with van der Waals surface area (Å²) in [7, 11) is 0. The Balaban J connectivity index is 1.42. The van der Waals surface area contributed by atoms with Crippen molar-refractivity contribution in [2.45, 2.75) is 6.92 Å². The lowest BCUT2D eigenvalue weighted by Gasteiger charge is -2.10. The maximum Gasteiger partial charge on any atom is 0.343 e. The standard InChI is InChI=1S/C26H20ClN3O3/c1-18(28-29-25(31)23-9-2-3-10-24(23)30-15-4-5-16-30)19-11-13-22(14-12-19)33-26(32)20-7-6-8-21(27)17-20/h2-17H,1H3,(H,29,31)/b28-18+. The Morgan fingerprint density at radius 2 is 1.61 bits per heavy atom. The second kappa shape index (κ2) is 9.97. The minimum absolute atomic E-state index is 0.314. The number of hydrogen-bond donors (Lipinski definition) is 1. The van der Waals surface area contributed by atoms with Gasteiger partial charge in [0, 0.05) is 17.4 Å². The molecule has 1 aromatic heterocycles. The van der Waals surface area contributed by atoms with Crippen molar-refractivity contribution in [2.75, 3.05) is 0 Å². The van der Waals surface area contributed by atoms with Crippen LogP contribution in [-0.4, -0.2) is 22.2 Å². The number of ether oxygens (including phenoxy) is 1. The van der Waals surface area contributed by atoms with Crippen molar-refractivity contribution in [3.05, 3.63) is 119 Å². The number of hydrazone groups is 1. The predicted molar refractivity (Wildman–Crippen MR) is 128 cm³/mol. The van der Waals surface area contributed by atoms with Gasteiger partial charge in [0.2, 0.25) is 0 Å². The van der Waals surface area contributed by atoms with Crippen molar-refractivity contribution in [3.63, 3.8) is 0 Å². The Kier molecular flexibility index (Phi) is 6.66. The lowest BCUT2D eigenvalue weighted by molar-refractivity contribution is 0.0734. The first-order chi connectivity index (χ1) is 16.0. The van der Waals surface area contributed by atoms with Crippen LogP contribution in [0.4, 0.5) is 0 Å². The minimum Gasteiger partial charge on any atom is -0.423 e. The minimum atomic E-state index is -0.496. The molecule has 0 saturated heterocycles. The van der Waals surface area contributed by atoms with Gasteiger partial charge < -0.3 is 9.30 Å². The molecule has 6 nitrogen and oxygen atoms in total. The third kappa shape index (κ3) is 5.37. The van der Waals surface area contributed by atoms with Crippen LogP contribution in [-0.2, 0) is 0 Å². The normalized spacial score (nSPS) is 11.2. The van der Waals surface area contributed by atoms with E-state index in [2.05, 4.69) is 10.5 Å². The molecule has 0 aliphatic heterocycles. The van der Waals surface area contributed by atoms with Crippen LogP contribution in [0.5, 0.6) is 5.75 Å². The van der Waals surface area contributed by atoms with E-state index < -0.39 is 5.97 Å². The fourth-order valence-corrected chi connectivity index (χ4v) is 3.38. The Bertz CT molecular complexity index is 1310. The molecule has 0 unspecified atom stereocenters. The van der Waals surface area contributed by atoms with Crippen molar-refractivity contribution >= 4 is 29.2 Å². The van der Waals surface area contributed by atoms with Crippen LogP contribution in [0.15, 0.2) is 102 Å². The fourth-order valence-electron chi connectivity index (χ4n) is 3.19. The highest BCUT2D eigenvalue weighted by molar-refractivity contribution is 6.30. The average molecular weight is 458 g/mol. The van der Waals surface area contributed by atoms with Crippen molar-refractivity contribution in [2.24, 2.45) is 5.10 Å². The molecule has 1 amide bonds. The van der Waals surface area contributed by atoms with Crippen molar-refractivity contribution in [1.29, 1.82) is 0 Å². The molecule has 0 saturated carbocycles. The Morgan fingerprint density at radius 1 is 0.879 bits per heavy atom. The number of nitrogens with one attached hydrogen (secondary N) is 1. The van der Waals surface area contributed by atoms with Gasteiger partial charge in [-0.3, -0.25) is 4.79 Å². The first-order valence-corrected chi connectivity index (χ1v) is 10.5. The maximum atomic E-state index is 12.7.